The van der Waals surface area contributed by atoms with Gasteiger partial charge in [0.1, 0.15) is 11.6 Å². The molecule has 0 saturated carbocycles. The van der Waals surface area contributed by atoms with Crippen LogP contribution >= 0.6 is 11.6 Å². The molecule has 0 aliphatic heterocycles. The number of amides is 1. The van der Waals surface area contributed by atoms with E-state index >= 15 is 0 Å². The van der Waals surface area contributed by atoms with Gasteiger partial charge >= 0.3 is 12.4 Å². The van der Waals surface area contributed by atoms with Crippen LogP contribution in [-0.2, 0) is 12.4 Å². The van der Waals surface area contributed by atoms with Crippen molar-refractivity contribution in [2.24, 2.45) is 0 Å². The number of aromatic nitrogens is 1. The second kappa shape index (κ2) is 8.26. The first-order chi connectivity index (χ1) is 12.9. The molecule has 0 radical (unpaired) electrons. The molecule has 0 fully saturated rings. The molecule has 1 amide bonds. The maximum atomic E-state index is 13.0. The molecule has 152 valence electrons. The summed E-state index contributed by atoms with van der Waals surface area (Å²) in [5.41, 5.74) is -2.71. The molecule has 2 rings (SSSR count). The zero-order chi connectivity index (χ0) is 21.1. The van der Waals surface area contributed by atoms with Crippen molar-refractivity contribution in [1.82, 2.24) is 10.3 Å². The van der Waals surface area contributed by atoms with Crippen molar-refractivity contribution in [3.8, 4) is 5.88 Å². The normalized spacial score (nSPS) is 13.1. The third kappa shape index (κ3) is 5.51. The minimum Gasteiger partial charge on any atom is -0.474 e. The van der Waals surface area contributed by atoms with Crippen LogP contribution in [0.1, 0.15) is 28.4 Å². The van der Waals surface area contributed by atoms with E-state index in [1.165, 1.54) is 13.0 Å². The number of ether oxygens (including phenoxy) is 1. The summed E-state index contributed by atoms with van der Waals surface area (Å²) < 4.78 is 81.8. The summed E-state index contributed by atoms with van der Waals surface area (Å²) in [4.78, 5) is 15.6. The fourth-order valence-corrected chi connectivity index (χ4v) is 2.38. The van der Waals surface area contributed by atoms with Crippen LogP contribution in [0.3, 0.4) is 0 Å². The fraction of sp³-hybridized carbons (Fsp3) is 0.294. The highest BCUT2D eigenvalue weighted by molar-refractivity contribution is 6.31. The predicted molar refractivity (Wildman–Crippen MR) is 88.1 cm³/mol. The second-order valence-electron chi connectivity index (χ2n) is 5.74. The molecule has 1 atom stereocenters. The number of pyridine rings is 1. The first-order valence-corrected chi connectivity index (χ1v) is 8.10. The summed E-state index contributed by atoms with van der Waals surface area (Å²) in [6.45, 7) is 1.16. The van der Waals surface area contributed by atoms with Crippen molar-refractivity contribution in [3.05, 3.63) is 58.2 Å². The van der Waals surface area contributed by atoms with Crippen LogP contribution in [0, 0.1) is 0 Å². The molecule has 0 aliphatic carbocycles. The number of nitrogens with zero attached hydrogens (tertiary/aromatic N) is 1. The minimum absolute atomic E-state index is 0.280. The number of nitrogens with one attached hydrogen (secondary N) is 1. The van der Waals surface area contributed by atoms with Crippen LogP contribution in [-0.4, -0.2) is 23.5 Å². The van der Waals surface area contributed by atoms with E-state index in [1.54, 1.807) is 0 Å². The van der Waals surface area contributed by atoms with E-state index in [9.17, 15) is 31.1 Å². The molecule has 1 unspecified atom stereocenters. The molecule has 0 bridgehead atoms. The molecule has 2 aromatic rings. The quantitative estimate of drug-likeness (QED) is 0.687. The Morgan fingerprint density at radius 3 is 2.39 bits per heavy atom. The first kappa shape index (κ1) is 21.8. The molecular weight excluding hydrogens is 414 g/mol. The molecule has 1 aromatic carbocycles. The molecule has 0 spiro atoms. The number of hydrogen-bond acceptors (Lipinski definition) is 3. The van der Waals surface area contributed by atoms with E-state index in [2.05, 4.69) is 10.3 Å². The molecule has 0 saturated heterocycles. The van der Waals surface area contributed by atoms with E-state index in [4.69, 9.17) is 16.3 Å². The predicted octanol–water partition coefficient (Wildman–Crippen LogP) is 4.97. The van der Waals surface area contributed by atoms with Gasteiger partial charge in [-0.15, -0.1) is 0 Å². The average Bonchev–Trinajstić information content (AvgIpc) is 2.59. The standard InChI is InChI=1S/C17H13ClF6N2O2/c1-9(8-28-15-13(18)6-10(7-25-15)16(19,20)21)26-14(27)11-4-2-3-5-12(11)17(22,23)24/h2-7,9H,8H2,1H3,(H,26,27). The van der Waals surface area contributed by atoms with Crippen molar-refractivity contribution in [2.75, 3.05) is 6.61 Å². The number of hydrogen-bond donors (Lipinski definition) is 1. The largest absolute Gasteiger partial charge is 0.474 e. The summed E-state index contributed by atoms with van der Waals surface area (Å²) in [5, 5.41) is 1.93. The summed E-state index contributed by atoms with van der Waals surface area (Å²) in [6.07, 6.45) is -8.79. The van der Waals surface area contributed by atoms with Crippen LogP contribution < -0.4 is 10.1 Å². The average molecular weight is 427 g/mol. The lowest BCUT2D eigenvalue weighted by Gasteiger charge is -2.17. The zero-order valence-electron chi connectivity index (χ0n) is 14.2. The highest BCUT2D eigenvalue weighted by Gasteiger charge is 2.35. The number of carbonyl (C=O) groups excluding carboxylic acids is 1. The van der Waals surface area contributed by atoms with E-state index in [1.807, 2.05) is 0 Å². The summed E-state index contributed by atoms with van der Waals surface area (Å²) in [5.74, 6) is -1.28. The molecule has 11 heteroatoms. The Kier molecular flexibility index (Phi) is 6.43. The summed E-state index contributed by atoms with van der Waals surface area (Å²) >= 11 is 5.69. The molecule has 1 aromatic heterocycles. The highest BCUT2D eigenvalue weighted by atomic mass is 35.5. The van der Waals surface area contributed by atoms with E-state index in [-0.39, 0.29) is 12.5 Å². The van der Waals surface area contributed by atoms with Crippen molar-refractivity contribution in [1.29, 1.82) is 0 Å². The Bertz CT molecular complexity index is 854. The zero-order valence-corrected chi connectivity index (χ0v) is 14.9. The smallest absolute Gasteiger partial charge is 0.417 e. The third-order valence-electron chi connectivity index (χ3n) is 3.46. The van der Waals surface area contributed by atoms with Gasteiger partial charge in [-0.1, -0.05) is 23.7 Å². The topological polar surface area (TPSA) is 51.2 Å². The van der Waals surface area contributed by atoms with Crippen molar-refractivity contribution in [2.45, 2.75) is 25.3 Å². The van der Waals surface area contributed by atoms with Gasteiger partial charge in [0.25, 0.3) is 5.91 Å². The maximum absolute atomic E-state index is 13.0. The van der Waals surface area contributed by atoms with Crippen LogP contribution in [0.25, 0.3) is 0 Å². The number of carbonyl (C=O) groups is 1. The molecule has 4 nitrogen and oxygen atoms in total. The fourth-order valence-electron chi connectivity index (χ4n) is 2.16. The van der Waals surface area contributed by atoms with Crippen molar-refractivity contribution < 1.29 is 35.9 Å². The Morgan fingerprint density at radius 2 is 1.82 bits per heavy atom. The van der Waals surface area contributed by atoms with Crippen molar-refractivity contribution >= 4 is 17.5 Å². The van der Waals surface area contributed by atoms with Gasteiger partial charge in [0.2, 0.25) is 5.88 Å². The van der Waals surface area contributed by atoms with Crippen LogP contribution in [0.4, 0.5) is 26.3 Å². The van der Waals surface area contributed by atoms with E-state index in [0.29, 0.717) is 12.3 Å². The van der Waals surface area contributed by atoms with Gasteiger partial charge in [-0.3, -0.25) is 4.79 Å². The Hall–Kier alpha value is -2.49. The van der Waals surface area contributed by atoms with Gasteiger partial charge < -0.3 is 10.1 Å². The SMILES string of the molecule is CC(COc1ncc(C(F)(F)F)cc1Cl)NC(=O)c1ccccc1C(F)(F)F. The van der Waals surface area contributed by atoms with Crippen LogP contribution in [0.15, 0.2) is 36.5 Å². The van der Waals surface area contributed by atoms with Crippen LogP contribution in [0.2, 0.25) is 5.02 Å². The molecule has 0 aliphatic rings. The summed E-state index contributed by atoms with van der Waals surface area (Å²) in [6, 6.07) is 4.10. The van der Waals surface area contributed by atoms with Gasteiger partial charge in [0, 0.05) is 6.20 Å². The molecule has 1 heterocycles. The van der Waals surface area contributed by atoms with Gasteiger partial charge in [-0.05, 0) is 25.1 Å². The Balaban J connectivity index is 2.02. The number of rotatable bonds is 5. The second-order valence-corrected chi connectivity index (χ2v) is 6.14. The Morgan fingerprint density at radius 1 is 1.18 bits per heavy atom. The van der Waals surface area contributed by atoms with Gasteiger partial charge in [0.15, 0.2) is 0 Å². The van der Waals surface area contributed by atoms with E-state index < -0.39 is 46.0 Å². The van der Waals surface area contributed by atoms with Gasteiger partial charge in [0.05, 0.1) is 22.7 Å². The first-order valence-electron chi connectivity index (χ1n) is 7.72. The van der Waals surface area contributed by atoms with E-state index in [0.717, 1.165) is 18.2 Å². The lowest BCUT2D eigenvalue weighted by Crippen LogP contribution is -2.37. The Labute approximate surface area is 160 Å². The lowest BCUT2D eigenvalue weighted by atomic mass is 10.1. The summed E-state index contributed by atoms with van der Waals surface area (Å²) in [7, 11) is 0. The van der Waals surface area contributed by atoms with Crippen LogP contribution in [0.5, 0.6) is 5.88 Å². The number of halogens is 7. The molecule has 1 N–H and O–H groups in total. The van der Waals surface area contributed by atoms with Gasteiger partial charge in [-0.25, -0.2) is 4.98 Å². The minimum atomic E-state index is -4.70. The lowest BCUT2D eigenvalue weighted by molar-refractivity contribution is -0.138. The van der Waals surface area contributed by atoms with Gasteiger partial charge in [-0.2, -0.15) is 26.3 Å². The highest BCUT2D eigenvalue weighted by Crippen LogP contribution is 2.33. The molecule has 28 heavy (non-hydrogen) atoms. The maximum Gasteiger partial charge on any atom is 0.417 e. The number of alkyl halides is 6. The third-order valence-corrected chi connectivity index (χ3v) is 3.73. The molecular formula is C17H13ClF6N2O2. The number of benzene rings is 1. The van der Waals surface area contributed by atoms with Crippen molar-refractivity contribution in [3.63, 3.8) is 0 Å². The monoisotopic (exact) mass is 426 g/mol.